The number of unbranched alkanes of at least 4 members (excludes halogenated alkanes) is 1. The molecule has 0 radical (unpaired) electrons. The van der Waals surface area contributed by atoms with Crippen molar-refractivity contribution in [2.75, 3.05) is 5.32 Å². The number of carbonyl (C=O) groups excluding carboxylic acids is 1. The molecular formula is C13H14ClF3N2OS. The second-order valence-electron chi connectivity index (χ2n) is 4.30. The Morgan fingerprint density at radius 2 is 2.05 bits per heavy atom. The maximum absolute atomic E-state index is 12.6. The van der Waals surface area contributed by atoms with E-state index in [0.29, 0.717) is 12.8 Å². The summed E-state index contributed by atoms with van der Waals surface area (Å²) < 4.78 is 37.8. The number of halogens is 4. The number of alkyl halides is 3. The highest BCUT2D eigenvalue weighted by Crippen LogP contribution is 2.33. The summed E-state index contributed by atoms with van der Waals surface area (Å²) in [5, 5.41) is 4.88. The Bertz CT molecular complexity index is 535. The molecule has 0 atom stereocenters. The lowest BCUT2D eigenvalue weighted by atomic mass is 10.2. The molecule has 8 heteroatoms. The normalized spacial score (nSPS) is 11.1. The van der Waals surface area contributed by atoms with E-state index in [4.69, 9.17) is 23.8 Å². The van der Waals surface area contributed by atoms with Crippen LogP contribution in [0.25, 0.3) is 0 Å². The minimum absolute atomic E-state index is 0.00715. The summed E-state index contributed by atoms with van der Waals surface area (Å²) in [6.45, 7) is 1.94. The summed E-state index contributed by atoms with van der Waals surface area (Å²) in [5.41, 5.74) is -0.859. The third kappa shape index (κ3) is 5.89. The Labute approximate surface area is 130 Å². The molecule has 1 amide bonds. The third-order valence-electron chi connectivity index (χ3n) is 2.55. The summed E-state index contributed by atoms with van der Waals surface area (Å²) in [7, 11) is 0. The van der Waals surface area contributed by atoms with Gasteiger partial charge in [0.15, 0.2) is 5.11 Å². The zero-order valence-corrected chi connectivity index (χ0v) is 12.8. The van der Waals surface area contributed by atoms with E-state index < -0.39 is 11.7 Å². The van der Waals surface area contributed by atoms with Crippen molar-refractivity contribution in [3.63, 3.8) is 0 Å². The van der Waals surface area contributed by atoms with E-state index in [2.05, 4.69) is 10.6 Å². The first kappa shape index (κ1) is 17.7. The lowest BCUT2D eigenvalue weighted by Gasteiger charge is -2.13. The van der Waals surface area contributed by atoms with Gasteiger partial charge in [-0.3, -0.25) is 4.79 Å². The van der Waals surface area contributed by atoms with Gasteiger partial charge in [-0.1, -0.05) is 24.9 Å². The molecule has 21 heavy (non-hydrogen) atoms. The van der Waals surface area contributed by atoms with Crippen molar-refractivity contribution in [1.29, 1.82) is 0 Å². The van der Waals surface area contributed by atoms with Crippen molar-refractivity contribution in [1.82, 2.24) is 5.32 Å². The Morgan fingerprint density at radius 1 is 1.38 bits per heavy atom. The summed E-state index contributed by atoms with van der Waals surface area (Å²) in [4.78, 5) is 11.5. The molecule has 3 nitrogen and oxygen atoms in total. The minimum Gasteiger partial charge on any atom is -0.331 e. The SMILES string of the molecule is CCCCC(=O)NC(=S)Nc1cc(C(F)(F)F)ccc1Cl. The predicted molar refractivity (Wildman–Crippen MR) is 80.3 cm³/mol. The fourth-order valence-electron chi connectivity index (χ4n) is 1.48. The number of nitrogens with one attached hydrogen (secondary N) is 2. The first-order chi connectivity index (χ1) is 9.74. The van der Waals surface area contributed by atoms with Crippen LogP contribution in [-0.2, 0) is 11.0 Å². The molecule has 0 aliphatic carbocycles. The van der Waals surface area contributed by atoms with Gasteiger partial charge in [-0.2, -0.15) is 13.2 Å². The molecule has 116 valence electrons. The van der Waals surface area contributed by atoms with Gasteiger partial charge in [0, 0.05) is 6.42 Å². The number of hydrogen-bond donors (Lipinski definition) is 2. The summed E-state index contributed by atoms with van der Waals surface area (Å²) in [6.07, 6.45) is -2.62. The van der Waals surface area contributed by atoms with Crippen LogP contribution in [0.1, 0.15) is 31.7 Å². The first-order valence-electron chi connectivity index (χ1n) is 6.21. The molecule has 0 aliphatic rings. The van der Waals surface area contributed by atoms with Gasteiger partial charge in [-0.25, -0.2) is 0 Å². The van der Waals surface area contributed by atoms with Gasteiger partial charge in [0.05, 0.1) is 16.3 Å². The topological polar surface area (TPSA) is 41.1 Å². The molecule has 0 saturated heterocycles. The van der Waals surface area contributed by atoms with Crippen LogP contribution in [0, 0.1) is 0 Å². The van der Waals surface area contributed by atoms with Crippen LogP contribution in [-0.4, -0.2) is 11.0 Å². The van der Waals surface area contributed by atoms with Gasteiger partial charge >= 0.3 is 6.18 Å². The summed E-state index contributed by atoms with van der Waals surface area (Å²) >= 11 is 10.7. The fraction of sp³-hybridized carbons (Fsp3) is 0.385. The van der Waals surface area contributed by atoms with Gasteiger partial charge in [0.1, 0.15) is 0 Å². The Kier molecular flexibility index (Phi) is 6.42. The second kappa shape index (κ2) is 7.61. The lowest BCUT2D eigenvalue weighted by molar-refractivity contribution is -0.137. The first-order valence-corrected chi connectivity index (χ1v) is 7.00. The van der Waals surface area contributed by atoms with Gasteiger partial charge < -0.3 is 10.6 Å². The number of rotatable bonds is 4. The molecule has 0 aliphatic heterocycles. The monoisotopic (exact) mass is 338 g/mol. The van der Waals surface area contributed by atoms with Crippen LogP contribution >= 0.6 is 23.8 Å². The zero-order chi connectivity index (χ0) is 16.0. The lowest BCUT2D eigenvalue weighted by Crippen LogP contribution is -2.34. The van der Waals surface area contributed by atoms with Crippen LogP contribution in [0.4, 0.5) is 18.9 Å². The number of amides is 1. The van der Waals surface area contributed by atoms with E-state index in [1.807, 2.05) is 6.92 Å². The van der Waals surface area contributed by atoms with Crippen LogP contribution in [0.2, 0.25) is 5.02 Å². The van der Waals surface area contributed by atoms with Gasteiger partial charge in [-0.15, -0.1) is 0 Å². The zero-order valence-electron chi connectivity index (χ0n) is 11.2. The van der Waals surface area contributed by atoms with E-state index >= 15 is 0 Å². The average Bonchev–Trinajstić information content (AvgIpc) is 2.37. The minimum atomic E-state index is -4.48. The molecule has 0 unspecified atom stereocenters. The van der Waals surface area contributed by atoms with Gasteiger partial charge in [-0.05, 0) is 36.8 Å². The fourth-order valence-corrected chi connectivity index (χ4v) is 1.87. The van der Waals surface area contributed by atoms with Crippen molar-refractivity contribution < 1.29 is 18.0 Å². The van der Waals surface area contributed by atoms with Crippen LogP contribution in [0.3, 0.4) is 0 Å². The summed E-state index contributed by atoms with van der Waals surface area (Å²) in [5.74, 6) is -0.294. The number of carbonyl (C=O) groups is 1. The molecule has 1 rings (SSSR count). The van der Waals surface area contributed by atoms with E-state index in [0.717, 1.165) is 24.6 Å². The molecule has 1 aromatic rings. The van der Waals surface area contributed by atoms with Gasteiger partial charge in [0.25, 0.3) is 0 Å². The quantitative estimate of drug-likeness (QED) is 0.801. The van der Waals surface area contributed by atoms with Gasteiger partial charge in [0.2, 0.25) is 5.91 Å². The Balaban J connectivity index is 2.74. The Morgan fingerprint density at radius 3 is 2.62 bits per heavy atom. The van der Waals surface area contributed by atoms with E-state index in [1.165, 1.54) is 0 Å². The van der Waals surface area contributed by atoms with Crippen molar-refractivity contribution in [2.45, 2.75) is 32.4 Å². The standard InChI is InChI=1S/C13H14ClF3N2OS/c1-2-3-4-11(20)19-12(21)18-10-7-8(13(15,16)17)5-6-9(10)14/h5-7H,2-4H2,1H3,(H2,18,19,20,21). The molecule has 2 N–H and O–H groups in total. The maximum Gasteiger partial charge on any atom is 0.416 e. The maximum atomic E-state index is 12.6. The number of benzene rings is 1. The molecule has 0 saturated carbocycles. The highest BCUT2D eigenvalue weighted by molar-refractivity contribution is 7.80. The smallest absolute Gasteiger partial charge is 0.331 e. The van der Waals surface area contributed by atoms with E-state index in [-0.39, 0.29) is 21.7 Å². The third-order valence-corrected chi connectivity index (χ3v) is 3.09. The Hall–Kier alpha value is -1.34. The molecular weight excluding hydrogens is 325 g/mol. The van der Waals surface area contributed by atoms with E-state index in [1.54, 1.807) is 0 Å². The molecule has 0 bridgehead atoms. The molecule has 0 fully saturated rings. The molecule has 0 spiro atoms. The molecule has 0 aromatic heterocycles. The van der Waals surface area contributed by atoms with E-state index in [9.17, 15) is 18.0 Å². The van der Waals surface area contributed by atoms with Crippen molar-refractivity contribution >= 4 is 40.5 Å². The van der Waals surface area contributed by atoms with Crippen molar-refractivity contribution in [3.8, 4) is 0 Å². The molecule has 0 heterocycles. The van der Waals surface area contributed by atoms with Crippen LogP contribution in [0.5, 0.6) is 0 Å². The number of hydrogen-bond acceptors (Lipinski definition) is 2. The molecule has 1 aromatic carbocycles. The number of thiocarbonyl (C=S) groups is 1. The van der Waals surface area contributed by atoms with Crippen LogP contribution in [0.15, 0.2) is 18.2 Å². The van der Waals surface area contributed by atoms with Crippen LogP contribution < -0.4 is 10.6 Å². The summed E-state index contributed by atoms with van der Waals surface area (Å²) in [6, 6.07) is 2.83. The highest BCUT2D eigenvalue weighted by atomic mass is 35.5. The van der Waals surface area contributed by atoms with Crippen molar-refractivity contribution in [3.05, 3.63) is 28.8 Å². The average molecular weight is 339 g/mol. The predicted octanol–water partition coefficient (Wildman–Crippen LogP) is 4.36. The van der Waals surface area contributed by atoms with Crippen molar-refractivity contribution in [2.24, 2.45) is 0 Å². The second-order valence-corrected chi connectivity index (χ2v) is 5.11. The highest BCUT2D eigenvalue weighted by Gasteiger charge is 2.31. The largest absolute Gasteiger partial charge is 0.416 e. The number of anilines is 1.